The van der Waals surface area contributed by atoms with Crippen LogP contribution >= 0.6 is 0 Å². The maximum atomic E-state index is 12.9. The predicted molar refractivity (Wildman–Crippen MR) is 143 cm³/mol. The van der Waals surface area contributed by atoms with Crippen molar-refractivity contribution in [3.05, 3.63) is 47.7 Å². The van der Waals surface area contributed by atoms with Crippen LogP contribution in [-0.2, 0) is 19.6 Å². The van der Waals surface area contributed by atoms with Crippen molar-refractivity contribution in [2.75, 3.05) is 55.0 Å². The Balaban J connectivity index is 1.60. The summed E-state index contributed by atoms with van der Waals surface area (Å²) in [5, 5.41) is 6.18. The Hall–Kier alpha value is -3.73. The molecule has 2 heterocycles. The van der Waals surface area contributed by atoms with Crippen LogP contribution in [0.3, 0.4) is 0 Å². The van der Waals surface area contributed by atoms with Crippen LogP contribution in [0.5, 0.6) is 11.5 Å². The van der Waals surface area contributed by atoms with Crippen molar-refractivity contribution in [3.63, 3.8) is 0 Å². The van der Waals surface area contributed by atoms with Gasteiger partial charge in [0, 0.05) is 36.1 Å². The molecule has 2 aromatic carbocycles. The molecule has 2 N–H and O–H groups in total. The number of sulfonamides is 1. The molecule has 0 aliphatic carbocycles. The topological polar surface area (TPSA) is 117 Å². The lowest BCUT2D eigenvalue weighted by Crippen LogP contribution is -2.41. The molecule has 2 aliphatic heterocycles. The van der Waals surface area contributed by atoms with Crippen LogP contribution in [0.1, 0.15) is 31.7 Å². The van der Waals surface area contributed by atoms with Crippen molar-refractivity contribution in [1.82, 2.24) is 4.90 Å². The van der Waals surface area contributed by atoms with E-state index >= 15 is 0 Å². The summed E-state index contributed by atoms with van der Waals surface area (Å²) in [6, 6.07) is 10.2. The molecule has 2 aliphatic rings. The normalized spacial score (nSPS) is 16.2. The van der Waals surface area contributed by atoms with Gasteiger partial charge < -0.3 is 25.0 Å². The fraction of sp³-hybridized carbons (Fsp3) is 0.385. The number of benzene rings is 2. The Morgan fingerprint density at radius 3 is 2.27 bits per heavy atom. The van der Waals surface area contributed by atoms with Crippen molar-refractivity contribution in [2.45, 2.75) is 26.2 Å². The third-order valence-corrected chi connectivity index (χ3v) is 7.65. The molecule has 0 spiro atoms. The molecule has 11 heteroatoms. The number of carbonyl (C=O) groups excluding carboxylic acids is 2. The standard InChI is InChI=1S/C26H32N4O6S/c1-5-20(25-19-14-22(35-2)23(36-3)15-21(19)28-26(25)32)27-17-8-10-18(11-9-17)30(37(4,33)34)16-24(31)29-12-6-7-13-29/h8-11,14-15,27H,5-7,12-13,16H2,1-4H3,(H,28,32)/b25-20-. The monoisotopic (exact) mass is 528 g/mol. The number of hydrogen-bond acceptors (Lipinski definition) is 7. The Morgan fingerprint density at radius 2 is 1.70 bits per heavy atom. The molecule has 0 atom stereocenters. The summed E-state index contributed by atoms with van der Waals surface area (Å²) < 4.78 is 36.8. The van der Waals surface area contributed by atoms with Crippen molar-refractivity contribution in [2.24, 2.45) is 0 Å². The van der Waals surface area contributed by atoms with Gasteiger partial charge in [0.25, 0.3) is 5.91 Å². The average Bonchev–Trinajstić information content (AvgIpc) is 3.52. The van der Waals surface area contributed by atoms with Gasteiger partial charge in [-0.3, -0.25) is 13.9 Å². The van der Waals surface area contributed by atoms with Gasteiger partial charge in [0.2, 0.25) is 15.9 Å². The lowest BCUT2D eigenvalue weighted by molar-refractivity contribution is -0.128. The summed E-state index contributed by atoms with van der Waals surface area (Å²) in [6.07, 6.45) is 3.50. The molecule has 4 rings (SSSR count). The Morgan fingerprint density at radius 1 is 1.08 bits per heavy atom. The molecule has 0 bridgehead atoms. The number of rotatable bonds is 9. The van der Waals surface area contributed by atoms with E-state index < -0.39 is 10.0 Å². The van der Waals surface area contributed by atoms with Gasteiger partial charge in [-0.2, -0.15) is 0 Å². The van der Waals surface area contributed by atoms with Gasteiger partial charge in [-0.25, -0.2) is 8.42 Å². The number of carbonyl (C=O) groups is 2. The van der Waals surface area contributed by atoms with Crippen molar-refractivity contribution >= 4 is 44.5 Å². The predicted octanol–water partition coefficient (Wildman–Crippen LogP) is 3.28. The molecule has 1 fully saturated rings. The molecule has 2 aromatic rings. The summed E-state index contributed by atoms with van der Waals surface area (Å²) in [7, 11) is -0.594. The van der Waals surface area contributed by atoms with Gasteiger partial charge in [0.15, 0.2) is 11.5 Å². The maximum Gasteiger partial charge on any atom is 0.258 e. The number of hydrogen-bond donors (Lipinski definition) is 2. The minimum Gasteiger partial charge on any atom is -0.493 e. The second-order valence-corrected chi connectivity index (χ2v) is 10.9. The first-order chi connectivity index (χ1) is 17.7. The first kappa shape index (κ1) is 26.3. The lowest BCUT2D eigenvalue weighted by Gasteiger charge is -2.25. The third kappa shape index (κ3) is 5.51. The smallest absolute Gasteiger partial charge is 0.258 e. The first-order valence-corrected chi connectivity index (χ1v) is 13.9. The lowest BCUT2D eigenvalue weighted by atomic mass is 10.0. The fourth-order valence-electron chi connectivity index (χ4n) is 4.60. The number of likely N-dealkylation sites (tertiary alicyclic amines) is 1. The summed E-state index contributed by atoms with van der Waals surface area (Å²) in [5.41, 5.74) is 3.60. The highest BCUT2D eigenvalue weighted by Gasteiger charge is 2.30. The van der Waals surface area contributed by atoms with E-state index in [1.807, 2.05) is 6.92 Å². The van der Waals surface area contributed by atoms with Gasteiger partial charge in [0.1, 0.15) is 6.54 Å². The molecule has 198 valence electrons. The molecule has 10 nitrogen and oxygen atoms in total. The van der Waals surface area contributed by atoms with E-state index in [-0.39, 0.29) is 18.4 Å². The second kappa shape index (κ2) is 10.7. The van der Waals surface area contributed by atoms with Crippen LogP contribution in [0.15, 0.2) is 42.1 Å². The molecule has 1 saturated heterocycles. The zero-order valence-corrected chi connectivity index (χ0v) is 22.3. The first-order valence-electron chi connectivity index (χ1n) is 12.1. The summed E-state index contributed by atoms with van der Waals surface area (Å²) >= 11 is 0. The number of fused-ring (bicyclic) bond motifs is 1. The molecular formula is C26H32N4O6S. The van der Waals surface area contributed by atoms with Crippen LogP contribution in [0.2, 0.25) is 0 Å². The van der Waals surface area contributed by atoms with E-state index in [0.717, 1.165) is 23.4 Å². The van der Waals surface area contributed by atoms with E-state index in [0.29, 0.717) is 64.9 Å². The van der Waals surface area contributed by atoms with Crippen LogP contribution in [0.4, 0.5) is 17.1 Å². The minimum absolute atomic E-state index is 0.207. The number of amides is 2. The minimum atomic E-state index is -3.67. The highest BCUT2D eigenvalue weighted by Crippen LogP contribution is 2.42. The average molecular weight is 529 g/mol. The van der Waals surface area contributed by atoms with Crippen molar-refractivity contribution in [3.8, 4) is 11.5 Å². The highest BCUT2D eigenvalue weighted by molar-refractivity contribution is 7.92. The molecule has 37 heavy (non-hydrogen) atoms. The number of methoxy groups -OCH3 is 2. The van der Waals surface area contributed by atoms with E-state index in [1.54, 1.807) is 41.3 Å². The van der Waals surface area contributed by atoms with Crippen LogP contribution in [0, 0.1) is 0 Å². The largest absolute Gasteiger partial charge is 0.493 e. The quantitative estimate of drug-likeness (QED) is 0.480. The Kier molecular flexibility index (Phi) is 7.63. The summed E-state index contributed by atoms with van der Waals surface area (Å²) in [6.45, 7) is 3.01. The van der Waals surface area contributed by atoms with Gasteiger partial charge in [0.05, 0.1) is 37.4 Å². The SMILES string of the molecule is CC/C(Nc1ccc(N(CC(=O)N2CCCC2)S(C)(=O)=O)cc1)=C1/C(=O)Nc2cc(OC)c(OC)cc21. The number of allylic oxidation sites excluding steroid dienone is 1. The summed E-state index contributed by atoms with van der Waals surface area (Å²) in [4.78, 5) is 27.2. The van der Waals surface area contributed by atoms with E-state index in [2.05, 4.69) is 10.6 Å². The van der Waals surface area contributed by atoms with Crippen molar-refractivity contribution < 1.29 is 27.5 Å². The number of ether oxygens (including phenoxy) is 2. The second-order valence-electron chi connectivity index (χ2n) is 8.94. The van der Waals surface area contributed by atoms with Crippen LogP contribution < -0.4 is 24.4 Å². The number of anilines is 3. The van der Waals surface area contributed by atoms with Crippen molar-refractivity contribution in [1.29, 1.82) is 0 Å². The zero-order chi connectivity index (χ0) is 26.7. The maximum absolute atomic E-state index is 12.9. The fourth-order valence-corrected chi connectivity index (χ4v) is 5.45. The third-order valence-electron chi connectivity index (χ3n) is 6.51. The van der Waals surface area contributed by atoms with E-state index in [1.165, 1.54) is 14.2 Å². The van der Waals surface area contributed by atoms with Gasteiger partial charge in [-0.1, -0.05) is 6.92 Å². The highest BCUT2D eigenvalue weighted by atomic mass is 32.2. The van der Waals surface area contributed by atoms with Crippen LogP contribution in [-0.4, -0.2) is 65.2 Å². The molecule has 2 amide bonds. The zero-order valence-electron chi connectivity index (χ0n) is 21.5. The molecule has 0 saturated carbocycles. The molecular weight excluding hydrogens is 496 g/mol. The molecule has 0 aromatic heterocycles. The Bertz CT molecular complexity index is 1330. The number of nitrogens with one attached hydrogen (secondary N) is 2. The van der Waals surface area contributed by atoms with Gasteiger partial charge >= 0.3 is 0 Å². The van der Waals surface area contributed by atoms with Gasteiger partial charge in [-0.15, -0.1) is 0 Å². The molecule has 0 radical (unpaired) electrons. The molecule has 0 unspecified atom stereocenters. The van der Waals surface area contributed by atoms with E-state index in [4.69, 9.17) is 9.47 Å². The van der Waals surface area contributed by atoms with Gasteiger partial charge in [-0.05, 0) is 49.6 Å². The summed E-state index contributed by atoms with van der Waals surface area (Å²) in [5.74, 6) is 0.582. The number of nitrogens with zero attached hydrogens (tertiary/aromatic N) is 2. The van der Waals surface area contributed by atoms with E-state index in [9.17, 15) is 18.0 Å². The Labute approximate surface area is 217 Å². The van der Waals surface area contributed by atoms with Crippen LogP contribution in [0.25, 0.3) is 5.57 Å².